The van der Waals surface area contributed by atoms with Crippen LogP contribution in [0.15, 0.2) is 12.1 Å². The predicted molar refractivity (Wildman–Crippen MR) is 71.6 cm³/mol. The summed E-state index contributed by atoms with van der Waals surface area (Å²) < 4.78 is 0. The van der Waals surface area contributed by atoms with Gasteiger partial charge in [-0.3, -0.25) is 14.5 Å². The van der Waals surface area contributed by atoms with Crippen molar-refractivity contribution in [1.82, 2.24) is 20.0 Å². The molecular weight excluding hydrogens is 284 g/mol. The molecule has 1 saturated heterocycles. The van der Waals surface area contributed by atoms with Crippen molar-refractivity contribution in [3.8, 4) is 0 Å². The lowest BCUT2D eigenvalue weighted by atomic mass is 10.2. The summed E-state index contributed by atoms with van der Waals surface area (Å²) in [4.78, 5) is 26.6. The van der Waals surface area contributed by atoms with Crippen LogP contribution in [-0.4, -0.2) is 69.2 Å². The molecule has 2 heterocycles. The summed E-state index contributed by atoms with van der Waals surface area (Å²) >= 11 is 5.62. The van der Waals surface area contributed by atoms with Crippen LogP contribution >= 0.6 is 11.6 Å². The van der Waals surface area contributed by atoms with E-state index in [0.717, 1.165) is 0 Å². The first-order chi connectivity index (χ1) is 9.49. The van der Waals surface area contributed by atoms with E-state index in [2.05, 4.69) is 10.2 Å². The molecule has 1 fully saturated rings. The molecule has 108 valence electrons. The summed E-state index contributed by atoms with van der Waals surface area (Å²) in [6.07, 6.45) is 0. The molecule has 0 saturated carbocycles. The van der Waals surface area contributed by atoms with Crippen LogP contribution in [0.1, 0.15) is 17.4 Å². The SMILES string of the molecule is CC(C(=O)O)N1CCN(C(=O)c2ccc(Cl)nn2)CC1. The third kappa shape index (κ3) is 3.23. The van der Waals surface area contributed by atoms with E-state index < -0.39 is 12.0 Å². The molecular formula is C12H15ClN4O3. The second-order valence-corrected chi connectivity index (χ2v) is 4.97. The highest BCUT2D eigenvalue weighted by Crippen LogP contribution is 2.10. The average molecular weight is 299 g/mol. The number of hydrogen-bond acceptors (Lipinski definition) is 5. The zero-order chi connectivity index (χ0) is 14.7. The van der Waals surface area contributed by atoms with E-state index in [4.69, 9.17) is 16.7 Å². The number of carboxylic acid groups (broad SMARTS) is 1. The number of amides is 1. The minimum Gasteiger partial charge on any atom is -0.480 e. The maximum atomic E-state index is 12.2. The van der Waals surface area contributed by atoms with E-state index in [0.29, 0.717) is 26.2 Å². The van der Waals surface area contributed by atoms with Gasteiger partial charge < -0.3 is 10.0 Å². The Labute approximate surface area is 121 Å². The molecule has 0 spiro atoms. The van der Waals surface area contributed by atoms with Gasteiger partial charge in [0.25, 0.3) is 5.91 Å². The first kappa shape index (κ1) is 14.7. The number of halogens is 1. The van der Waals surface area contributed by atoms with Gasteiger partial charge in [0.2, 0.25) is 0 Å². The van der Waals surface area contributed by atoms with Gasteiger partial charge in [0, 0.05) is 26.2 Å². The molecule has 0 radical (unpaired) electrons. The molecule has 1 aliphatic heterocycles. The van der Waals surface area contributed by atoms with Crippen molar-refractivity contribution < 1.29 is 14.7 Å². The molecule has 1 N–H and O–H groups in total. The van der Waals surface area contributed by atoms with Crippen molar-refractivity contribution in [3.05, 3.63) is 23.0 Å². The number of carbonyl (C=O) groups excluding carboxylic acids is 1. The van der Waals surface area contributed by atoms with E-state index in [9.17, 15) is 9.59 Å². The average Bonchev–Trinajstić information content (AvgIpc) is 2.46. The molecule has 1 amide bonds. The largest absolute Gasteiger partial charge is 0.480 e. The summed E-state index contributed by atoms with van der Waals surface area (Å²) in [6.45, 7) is 3.65. The number of carbonyl (C=O) groups is 2. The lowest BCUT2D eigenvalue weighted by Crippen LogP contribution is -2.53. The summed E-state index contributed by atoms with van der Waals surface area (Å²) in [5.41, 5.74) is 0.245. The fourth-order valence-corrected chi connectivity index (χ4v) is 2.16. The highest BCUT2D eigenvalue weighted by molar-refractivity contribution is 6.29. The molecule has 1 aromatic heterocycles. The molecule has 0 aliphatic carbocycles. The van der Waals surface area contributed by atoms with Gasteiger partial charge in [-0.15, -0.1) is 10.2 Å². The fraction of sp³-hybridized carbons (Fsp3) is 0.500. The number of hydrogen-bond donors (Lipinski definition) is 1. The van der Waals surface area contributed by atoms with E-state index in [-0.39, 0.29) is 16.8 Å². The molecule has 1 aromatic rings. The first-order valence-corrected chi connectivity index (χ1v) is 6.62. The van der Waals surface area contributed by atoms with Crippen molar-refractivity contribution >= 4 is 23.5 Å². The Kier molecular flexibility index (Phi) is 4.51. The Morgan fingerprint density at radius 3 is 2.40 bits per heavy atom. The molecule has 7 nitrogen and oxygen atoms in total. The normalized spacial score (nSPS) is 17.8. The van der Waals surface area contributed by atoms with Crippen LogP contribution in [0.5, 0.6) is 0 Å². The number of aliphatic carboxylic acids is 1. The topological polar surface area (TPSA) is 86.6 Å². The minimum absolute atomic E-state index is 0.211. The second-order valence-electron chi connectivity index (χ2n) is 4.58. The lowest BCUT2D eigenvalue weighted by molar-refractivity contribution is -0.143. The van der Waals surface area contributed by atoms with Crippen LogP contribution in [0.2, 0.25) is 5.15 Å². The third-order valence-corrected chi connectivity index (χ3v) is 3.56. The molecule has 0 bridgehead atoms. The molecule has 20 heavy (non-hydrogen) atoms. The van der Waals surface area contributed by atoms with Crippen molar-refractivity contribution in [3.63, 3.8) is 0 Å². The van der Waals surface area contributed by atoms with Gasteiger partial charge in [0.15, 0.2) is 10.8 Å². The Morgan fingerprint density at radius 1 is 1.25 bits per heavy atom. The van der Waals surface area contributed by atoms with Gasteiger partial charge in [0.1, 0.15) is 6.04 Å². The number of piperazine rings is 1. The van der Waals surface area contributed by atoms with Crippen LogP contribution in [0.3, 0.4) is 0 Å². The Balaban J connectivity index is 1.95. The molecule has 1 unspecified atom stereocenters. The van der Waals surface area contributed by atoms with Gasteiger partial charge in [0.05, 0.1) is 0 Å². The van der Waals surface area contributed by atoms with Crippen molar-refractivity contribution in [2.45, 2.75) is 13.0 Å². The summed E-state index contributed by atoms with van der Waals surface area (Å²) in [7, 11) is 0. The number of carboxylic acids is 1. The van der Waals surface area contributed by atoms with E-state index in [1.165, 1.54) is 12.1 Å². The molecule has 1 aliphatic rings. The van der Waals surface area contributed by atoms with E-state index in [1.807, 2.05) is 4.90 Å². The van der Waals surface area contributed by atoms with Gasteiger partial charge in [-0.25, -0.2) is 0 Å². The Bertz CT molecular complexity index is 500. The van der Waals surface area contributed by atoms with Gasteiger partial charge >= 0.3 is 5.97 Å². The van der Waals surface area contributed by atoms with Gasteiger partial charge in [-0.1, -0.05) is 11.6 Å². The zero-order valence-corrected chi connectivity index (χ0v) is 11.7. The standard InChI is InChI=1S/C12H15ClN4O3/c1-8(12(19)20)16-4-6-17(7-5-16)11(18)9-2-3-10(13)15-14-9/h2-3,8H,4-7H2,1H3,(H,19,20). The fourth-order valence-electron chi connectivity index (χ4n) is 2.06. The van der Waals surface area contributed by atoms with Crippen LogP contribution in [0.25, 0.3) is 0 Å². The molecule has 2 rings (SSSR count). The Morgan fingerprint density at radius 2 is 1.90 bits per heavy atom. The maximum absolute atomic E-state index is 12.2. The summed E-state index contributed by atoms with van der Waals surface area (Å²) in [6, 6.07) is 2.51. The Hall–Kier alpha value is -1.73. The van der Waals surface area contributed by atoms with Gasteiger partial charge in [-0.05, 0) is 19.1 Å². The van der Waals surface area contributed by atoms with Crippen molar-refractivity contribution in [2.75, 3.05) is 26.2 Å². The zero-order valence-electron chi connectivity index (χ0n) is 11.0. The number of rotatable bonds is 3. The summed E-state index contributed by atoms with van der Waals surface area (Å²) in [5, 5.41) is 16.6. The third-order valence-electron chi connectivity index (χ3n) is 3.36. The van der Waals surface area contributed by atoms with E-state index >= 15 is 0 Å². The lowest BCUT2D eigenvalue weighted by Gasteiger charge is -2.36. The van der Waals surface area contributed by atoms with Crippen molar-refractivity contribution in [2.24, 2.45) is 0 Å². The van der Waals surface area contributed by atoms with Crippen molar-refractivity contribution in [1.29, 1.82) is 0 Å². The van der Waals surface area contributed by atoms with Crippen LogP contribution in [0, 0.1) is 0 Å². The highest BCUT2D eigenvalue weighted by atomic mass is 35.5. The summed E-state index contributed by atoms with van der Waals surface area (Å²) in [5.74, 6) is -1.06. The first-order valence-electron chi connectivity index (χ1n) is 6.24. The minimum atomic E-state index is -0.853. The number of nitrogens with zero attached hydrogens (tertiary/aromatic N) is 4. The van der Waals surface area contributed by atoms with Crippen LogP contribution in [-0.2, 0) is 4.79 Å². The second kappa shape index (κ2) is 6.15. The monoisotopic (exact) mass is 298 g/mol. The number of aromatic nitrogens is 2. The van der Waals surface area contributed by atoms with Gasteiger partial charge in [-0.2, -0.15) is 0 Å². The predicted octanol–water partition coefficient (Wildman–Crippen LogP) is 0.361. The molecule has 0 aromatic carbocycles. The molecule has 1 atom stereocenters. The maximum Gasteiger partial charge on any atom is 0.320 e. The van der Waals surface area contributed by atoms with Crippen LogP contribution < -0.4 is 0 Å². The smallest absolute Gasteiger partial charge is 0.320 e. The highest BCUT2D eigenvalue weighted by Gasteiger charge is 2.28. The quantitative estimate of drug-likeness (QED) is 0.867. The molecule has 8 heteroatoms. The van der Waals surface area contributed by atoms with E-state index in [1.54, 1.807) is 11.8 Å². The van der Waals surface area contributed by atoms with Crippen LogP contribution in [0.4, 0.5) is 0 Å².